The SMILES string of the molecule is CCOC(=O)c1ccc(Cn2c(C)c([N+](=O)[O-])ccc2=O)cc1. The number of nitrogens with zero attached hydrogens (tertiary/aromatic N) is 2. The summed E-state index contributed by atoms with van der Waals surface area (Å²) in [7, 11) is 0. The van der Waals surface area contributed by atoms with E-state index in [9.17, 15) is 19.7 Å². The number of carbonyl (C=O) groups excluding carboxylic acids is 1. The van der Waals surface area contributed by atoms with Crippen molar-refractivity contribution in [3.05, 3.63) is 73.7 Å². The number of aromatic nitrogens is 1. The molecule has 0 aliphatic carbocycles. The van der Waals surface area contributed by atoms with E-state index in [0.29, 0.717) is 12.2 Å². The van der Waals surface area contributed by atoms with Gasteiger partial charge in [-0.15, -0.1) is 0 Å². The number of nitro groups is 1. The second kappa shape index (κ2) is 6.87. The maximum absolute atomic E-state index is 11.9. The van der Waals surface area contributed by atoms with Crippen molar-refractivity contribution < 1.29 is 14.5 Å². The Labute approximate surface area is 132 Å². The minimum Gasteiger partial charge on any atom is -0.462 e. The summed E-state index contributed by atoms with van der Waals surface area (Å²) in [5.74, 6) is -0.414. The van der Waals surface area contributed by atoms with Gasteiger partial charge in [-0.3, -0.25) is 14.9 Å². The molecule has 0 N–H and O–H groups in total. The molecule has 0 radical (unpaired) electrons. The fourth-order valence-corrected chi connectivity index (χ4v) is 2.20. The van der Waals surface area contributed by atoms with Gasteiger partial charge in [-0.25, -0.2) is 4.79 Å². The molecular weight excluding hydrogens is 300 g/mol. The van der Waals surface area contributed by atoms with E-state index in [1.807, 2.05) is 0 Å². The van der Waals surface area contributed by atoms with Crippen LogP contribution in [0.5, 0.6) is 0 Å². The lowest BCUT2D eigenvalue weighted by Crippen LogP contribution is -2.22. The van der Waals surface area contributed by atoms with Crippen LogP contribution in [0.2, 0.25) is 0 Å². The molecule has 120 valence electrons. The number of benzene rings is 1. The first-order valence-corrected chi connectivity index (χ1v) is 7.05. The Morgan fingerprint density at radius 2 is 1.87 bits per heavy atom. The molecule has 0 unspecified atom stereocenters. The van der Waals surface area contributed by atoms with Gasteiger partial charge in [-0.05, 0) is 31.5 Å². The third-order valence-corrected chi connectivity index (χ3v) is 3.43. The first-order chi connectivity index (χ1) is 10.9. The summed E-state index contributed by atoms with van der Waals surface area (Å²) >= 11 is 0. The summed E-state index contributed by atoms with van der Waals surface area (Å²) in [6.45, 7) is 3.74. The Morgan fingerprint density at radius 3 is 2.43 bits per heavy atom. The molecule has 0 aliphatic heterocycles. The molecule has 0 fully saturated rings. The van der Waals surface area contributed by atoms with Crippen molar-refractivity contribution >= 4 is 11.7 Å². The summed E-state index contributed by atoms with van der Waals surface area (Å²) in [5, 5.41) is 11.0. The van der Waals surface area contributed by atoms with E-state index in [2.05, 4.69) is 0 Å². The zero-order valence-corrected chi connectivity index (χ0v) is 12.8. The fraction of sp³-hybridized carbons (Fsp3) is 0.250. The van der Waals surface area contributed by atoms with Crippen LogP contribution in [0.15, 0.2) is 41.2 Å². The van der Waals surface area contributed by atoms with Gasteiger partial charge in [-0.1, -0.05) is 12.1 Å². The highest BCUT2D eigenvalue weighted by Crippen LogP contribution is 2.16. The zero-order valence-electron chi connectivity index (χ0n) is 12.8. The summed E-state index contributed by atoms with van der Waals surface area (Å²) in [5.41, 5.74) is 1.04. The van der Waals surface area contributed by atoms with E-state index in [0.717, 1.165) is 5.56 Å². The largest absolute Gasteiger partial charge is 0.462 e. The minimum absolute atomic E-state index is 0.104. The number of ether oxygens (including phenoxy) is 1. The van der Waals surface area contributed by atoms with Gasteiger partial charge in [0, 0.05) is 12.1 Å². The maximum atomic E-state index is 11.9. The van der Waals surface area contributed by atoms with Gasteiger partial charge in [0.05, 0.1) is 29.3 Å². The van der Waals surface area contributed by atoms with Crippen LogP contribution < -0.4 is 5.56 Å². The number of esters is 1. The Hall–Kier alpha value is -2.96. The number of pyridine rings is 1. The lowest BCUT2D eigenvalue weighted by atomic mass is 10.1. The van der Waals surface area contributed by atoms with Crippen LogP contribution in [0.3, 0.4) is 0 Å². The third-order valence-electron chi connectivity index (χ3n) is 3.43. The lowest BCUT2D eigenvalue weighted by Gasteiger charge is -2.10. The zero-order chi connectivity index (χ0) is 17.0. The van der Waals surface area contributed by atoms with E-state index in [-0.39, 0.29) is 23.5 Å². The molecule has 0 aliphatic rings. The first kappa shape index (κ1) is 16.4. The quantitative estimate of drug-likeness (QED) is 0.479. The smallest absolute Gasteiger partial charge is 0.338 e. The summed E-state index contributed by atoms with van der Waals surface area (Å²) in [6.07, 6.45) is 0. The highest BCUT2D eigenvalue weighted by molar-refractivity contribution is 5.89. The van der Waals surface area contributed by atoms with Gasteiger partial charge in [-0.2, -0.15) is 0 Å². The average molecular weight is 316 g/mol. The van der Waals surface area contributed by atoms with Crippen molar-refractivity contribution in [3.63, 3.8) is 0 Å². The molecule has 0 saturated heterocycles. The fourth-order valence-electron chi connectivity index (χ4n) is 2.20. The van der Waals surface area contributed by atoms with E-state index in [1.165, 1.54) is 23.6 Å². The van der Waals surface area contributed by atoms with E-state index < -0.39 is 10.9 Å². The molecule has 1 aromatic heterocycles. The number of rotatable bonds is 5. The van der Waals surface area contributed by atoms with E-state index >= 15 is 0 Å². The lowest BCUT2D eigenvalue weighted by molar-refractivity contribution is -0.386. The monoisotopic (exact) mass is 316 g/mol. The van der Waals surface area contributed by atoms with Gasteiger partial charge in [0.25, 0.3) is 11.2 Å². The molecule has 1 aromatic carbocycles. The Bertz CT molecular complexity index is 793. The van der Waals surface area contributed by atoms with E-state index in [1.54, 1.807) is 31.2 Å². The molecule has 0 atom stereocenters. The van der Waals surface area contributed by atoms with Crippen molar-refractivity contribution in [3.8, 4) is 0 Å². The highest BCUT2D eigenvalue weighted by Gasteiger charge is 2.15. The van der Waals surface area contributed by atoms with Crippen molar-refractivity contribution in [2.75, 3.05) is 6.61 Å². The standard InChI is InChI=1S/C16H16N2O5/c1-3-23-16(20)13-6-4-12(5-7-13)10-17-11(2)14(18(21)22)8-9-15(17)19/h4-9H,3,10H2,1-2H3. The maximum Gasteiger partial charge on any atom is 0.338 e. The summed E-state index contributed by atoms with van der Waals surface area (Å²) in [6, 6.07) is 8.97. The minimum atomic E-state index is -0.519. The molecule has 7 heteroatoms. The van der Waals surface area contributed by atoms with Crippen LogP contribution in [0.1, 0.15) is 28.5 Å². The molecule has 0 saturated carbocycles. The van der Waals surface area contributed by atoms with Crippen molar-refractivity contribution in [1.82, 2.24) is 4.57 Å². The summed E-state index contributed by atoms with van der Waals surface area (Å²) < 4.78 is 6.23. The Balaban J connectivity index is 2.29. The molecule has 23 heavy (non-hydrogen) atoms. The van der Waals surface area contributed by atoms with Crippen molar-refractivity contribution in [1.29, 1.82) is 0 Å². The number of hydrogen-bond donors (Lipinski definition) is 0. The normalized spacial score (nSPS) is 10.3. The molecule has 7 nitrogen and oxygen atoms in total. The van der Waals surface area contributed by atoms with Gasteiger partial charge in [0.2, 0.25) is 0 Å². The van der Waals surface area contributed by atoms with Gasteiger partial charge >= 0.3 is 5.97 Å². The number of carbonyl (C=O) groups is 1. The van der Waals surface area contributed by atoms with Crippen LogP contribution in [0.4, 0.5) is 5.69 Å². The van der Waals surface area contributed by atoms with Gasteiger partial charge in [0.15, 0.2) is 0 Å². The second-order valence-electron chi connectivity index (χ2n) is 4.90. The molecule has 1 heterocycles. The predicted molar refractivity (Wildman–Crippen MR) is 83.6 cm³/mol. The Kier molecular flexibility index (Phi) is 4.90. The topological polar surface area (TPSA) is 91.4 Å². The van der Waals surface area contributed by atoms with E-state index in [4.69, 9.17) is 4.74 Å². The molecular formula is C16H16N2O5. The van der Waals surface area contributed by atoms with Crippen molar-refractivity contribution in [2.45, 2.75) is 20.4 Å². The first-order valence-electron chi connectivity index (χ1n) is 7.05. The average Bonchev–Trinajstić information content (AvgIpc) is 2.52. The molecule has 2 aromatic rings. The van der Waals surface area contributed by atoms with Crippen LogP contribution in [0, 0.1) is 17.0 Å². The predicted octanol–water partition coefficient (Wildman–Crippen LogP) is 2.29. The van der Waals surface area contributed by atoms with Crippen LogP contribution >= 0.6 is 0 Å². The van der Waals surface area contributed by atoms with Gasteiger partial charge < -0.3 is 9.30 Å². The summed E-state index contributed by atoms with van der Waals surface area (Å²) in [4.78, 5) is 34.0. The highest BCUT2D eigenvalue weighted by atomic mass is 16.6. The van der Waals surface area contributed by atoms with Crippen LogP contribution in [-0.4, -0.2) is 22.1 Å². The van der Waals surface area contributed by atoms with Crippen molar-refractivity contribution in [2.24, 2.45) is 0 Å². The second-order valence-corrected chi connectivity index (χ2v) is 4.90. The van der Waals surface area contributed by atoms with Crippen LogP contribution in [-0.2, 0) is 11.3 Å². The molecule has 0 amide bonds. The van der Waals surface area contributed by atoms with Crippen LogP contribution in [0.25, 0.3) is 0 Å². The molecule has 0 bridgehead atoms. The van der Waals surface area contributed by atoms with Gasteiger partial charge in [0.1, 0.15) is 0 Å². The number of hydrogen-bond acceptors (Lipinski definition) is 5. The molecule has 0 spiro atoms. The molecule has 2 rings (SSSR count). The third kappa shape index (κ3) is 3.63. The Morgan fingerprint density at radius 1 is 1.22 bits per heavy atom.